The first-order valence-corrected chi connectivity index (χ1v) is 5.99. The molecule has 4 heteroatoms. The first-order chi connectivity index (χ1) is 9.28. The summed E-state index contributed by atoms with van der Waals surface area (Å²) in [6.45, 7) is 0. The molecule has 1 unspecified atom stereocenters. The van der Waals surface area contributed by atoms with E-state index in [0.717, 1.165) is 0 Å². The van der Waals surface area contributed by atoms with Crippen LogP contribution >= 0.6 is 0 Å². The van der Waals surface area contributed by atoms with Crippen molar-refractivity contribution < 1.29 is 14.3 Å². The van der Waals surface area contributed by atoms with Crippen molar-refractivity contribution in [1.29, 1.82) is 0 Å². The second-order valence-corrected chi connectivity index (χ2v) is 4.34. The van der Waals surface area contributed by atoms with Crippen LogP contribution in [0.3, 0.4) is 0 Å². The number of pyridine rings is 1. The second-order valence-electron chi connectivity index (χ2n) is 4.34. The molecule has 2 heterocycles. The van der Waals surface area contributed by atoms with Crippen molar-refractivity contribution in [1.82, 2.24) is 4.98 Å². The number of carbonyl (C=O) groups is 2. The van der Waals surface area contributed by atoms with Crippen molar-refractivity contribution in [3.63, 3.8) is 0 Å². The highest BCUT2D eigenvalue weighted by Crippen LogP contribution is 2.33. The third-order valence-corrected chi connectivity index (χ3v) is 3.07. The van der Waals surface area contributed by atoms with Crippen LogP contribution in [0.1, 0.15) is 39.1 Å². The van der Waals surface area contributed by atoms with Crippen molar-refractivity contribution in [2.45, 2.75) is 12.5 Å². The Balaban J connectivity index is 1.96. The third-order valence-electron chi connectivity index (χ3n) is 3.07. The maximum atomic E-state index is 12.0. The zero-order chi connectivity index (χ0) is 13.2. The molecule has 0 saturated heterocycles. The summed E-state index contributed by atoms with van der Waals surface area (Å²) in [6.07, 6.45) is 0.497. The van der Waals surface area contributed by atoms with Crippen molar-refractivity contribution in [3.8, 4) is 5.75 Å². The van der Waals surface area contributed by atoms with Crippen LogP contribution in [0.5, 0.6) is 5.75 Å². The molecule has 3 rings (SSSR count). The summed E-state index contributed by atoms with van der Waals surface area (Å²) in [5.41, 5.74) is 1.55. The summed E-state index contributed by atoms with van der Waals surface area (Å²) < 4.78 is 5.79. The molecule has 0 bridgehead atoms. The van der Waals surface area contributed by atoms with Gasteiger partial charge in [-0.25, -0.2) is 4.98 Å². The molecule has 19 heavy (non-hydrogen) atoms. The van der Waals surface area contributed by atoms with Crippen molar-refractivity contribution in [2.24, 2.45) is 0 Å². The minimum Gasteiger partial charge on any atom is -0.483 e. The van der Waals surface area contributed by atoms with E-state index in [1.165, 1.54) is 0 Å². The maximum absolute atomic E-state index is 12.0. The number of nitrogens with zero attached hydrogens (tertiary/aromatic N) is 1. The van der Waals surface area contributed by atoms with E-state index in [9.17, 15) is 9.59 Å². The second kappa shape index (κ2) is 4.65. The van der Waals surface area contributed by atoms with E-state index in [1.54, 1.807) is 30.3 Å². The summed E-state index contributed by atoms with van der Waals surface area (Å²) in [5, 5.41) is 0. The Morgan fingerprint density at radius 2 is 2.00 bits per heavy atom. The Labute approximate surface area is 110 Å². The molecule has 0 amide bonds. The molecule has 2 aromatic rings. The summed E-state index contributed by atoms with van der Waals surface area (Å²) in [5.74, 6) is 0.604. The van der Waals surface area contributed by atoms with Crippen molar-refractivity contribution in [2.75, 3.05) is 0 Å². The lowest BCUT2D eigenvalue weighted by Gasteiger charge is -2.24. The van der Waals surface area contributed by atoms with Crippen LogP contribution in [0.15, 0.2) is 42.5 Å². The summed E-state index contributed by atoms with van der Waals surface area (Å²) in [4.78, 5) is 27.0. The van der Waals surface area contributed by atoms with Gasteiger partial charge in [-0.15, -0.1) is 0 Å². The first kappa shape index (κ1) is 11.6. The average Bonchev–Trinajstić information content (AvgIpc) is 2.47. The molecule has 1 aliphatic rings. The van der Waals surface area contributed by atoms with Gasteiger partial charge >= 0.3 is 0 Å². The van der Waals surface area contributed by atoms with Gasteiger partial charge in [0.25, 0.3) is 0 Å². The smallest absolute Gasteiger partial charge is 0.170 e. The number of benzene rings is 1. The van der Waals surface area contributed by atoms with Gasteiger partial charge in [0.2, 0.25) is 0 Å². The van der Waals surface area contributed by atoms with Crippen LogP contribution in [0.25, 0.3) is 0 Å². The van der Waals surface area contributed by atoms with Gasteiger partial charge in [0, 0.05) is 0 Å². The van der Waals surface area contributed by atoms with Gasteiger partial charge in [-0.2, -0.15) is 0 Å². The molecule has 0 radical (unpaired) electrons. The van der Waals surface area contributed by atoms with Crippen LogP contribution < -0.4 is 4.74 Å². The molecule has 94 valence electrons. The number of aldehydes is 1. The molecule has 4 nitrogen and oxygen atoms in total. The van der Waals surface area contributed by atoms with Gasteiger partial charge in [0.15, 0.2) is 12.1 Å². The molecule has 1 aromatic carbocycles. The average molecular weight is 253 g/mol. The molecular formula is C15H11NO3. The number of carbonyl (C=O) groups excluding carboxylic acids is 2. The van der Waals surface area contributed by atoms with Crippen LogP contribution in [0.4, 0.5) is 0 Å². The van der Waals surface area contributed by atoms with E-state index in [4.69, 9.17) is 4.74 Å². The Morgan fingerprint density at radius 3 is 2.84 bits per heavy atom. The largest absolute Gasteiger partial charge is 0.483 e. The normalized spacial score (nSPS) is 17.5. The predicted molar refractivity (Wildman–Crippen MR) is 68.4 cm³/mol. The molecule has 0 aliphatic carbocycles. The molecule has 1 aromatic heterocycles. The fourth-order valence-electron chi connectivity index (χ4n) is 2.15. The highest BCUT2D eigenvalue weighted by Gasteiger charge is 2.28. The molecule has 0 N–H and O–H groups in total. The summed E-state index contributed by atoms with van der Waals surface area (Å²) in [7, 11) is 0. The molecule has 1 aliphatic heterocycles. The standard InChI is InChI=1S/C15H11NO3/c17-9-10-4-3-6-12(16-10)15-8-13(18)11-5-1-2-7-14(11)19-15/h1-7,9,15H,8H2. The minimum absolute atomic E-state index is 0.0326. The Hall–Kier alpha value is -2.49. The van der Waals surface area contributed by atoms with E-state index in [2.05, 4.69) is 4.98 Å². The lowest BCUT2D eigenvalue weighted by Crippen LogP contribution is -2.21. The Kier molecular flexibility index (Phi) is 2.83. The number of fused-ring (bicyclic) bond motifs is 1. The molecule has 0 spiro atoms. The van der Waals surface area contributed by atoms with Crippen LogP contribution in [0.2, 0.25) is 0 Å². The topological polar surface area (TPSA) is 56.3 Å². The zero-order valence-electron chi connectivity index (χ0n) is 10.1. The van der Waals surface area contributed by atoms with Gasteiger partial charge in [-0.1, -0.05) is 18.2 Å². The van der Waals surface area contributed by atoms with Crippen molar-refractivity contribution >= 4 is 12.1 Å². The van der Waals surface area contributed by atoms with E-state index in [0.29, 0.717) is 29.0 Å². The summed E-state index contributed by atoms with van der Waals surface area (Å²) in [6, 6.07) is 12.3. The minimum atomic E-state index is -0.428. The quantitative estimate of drug-likeness (QED) is 0.772. The van der Waals surface area contributed by atoms with Gasteiger partial charge in [-0.05, 0) is 24.3 Å². The molecule has 1 atom stereocenters. The maximum Gasteiger partial charge on any atom is 0.170 e. The number of para-hydroxylation sites is 1. The predicted octanol–water partition coefficient (Wildman–Crippen LogP) is 2.60. The lowest BCUT2D eigenvalue weighted by atomic mass is 9.99. The number of Topliss-reactive ketones (excluding diaryl/α,β-unsaturated/α-hetero) is 1. The highest BCUT2D eigenvalue weighted by molar-refractivity contribution is 5.99. The number of hydrogen-bond acceptors (Lipinski definition) is 4. The Bertz CT molecular complexity index is 651. The van der Waals surface area contributed by atoms with E-state index in [1.807, 2.05) is 12.1 Å². The van der Waals surface area contributed by atoms with Gasteiger partial charge in [0.1, 0.15) is 17.5 Å². The fourth-order valence-corrected chi connectivity index (χ4v) is 2.15. The van der Waals surface area contributed by atoms with E-state index < -0.39 is 6.10 Å². The fraction of sp³-hybridized carbons (Fsp3) is 0.133. The van der Waals surface area contributed by atoms with Crippen LogP contribution in [0, 0.1) is 0 Å². The number of ketones is 1. The molecule has 0 fully saturated rings. The highest BCUT2D eigenvalue weighted by atomic mass is 16.5. The van der Waals surface area contributed by atoms with Gasteiger partial charge < -0.3 is 4.74 Å². The molecular weight excluding hydrogens is 242 g/mol. The van der Waals surface area contributed by atoms with E-state index >= 15 is 0 Å². The van der Waals surface area contributed by atoms with Crippen LogP contribution in [-0.4, -0.2) is 17.1 Å². The number of hydrogen-bond donors (Lipinski definition) is 0. The van der Waals surface area contributed by atoms with Crippen LogP contribution in [-0.2, 0) is 0 Å². The number of rotatable bonds is 2. The van der Waals surface area contributed by atoms with Crippen molar-refractivity contribution in [3.05, 3.63) is 59.4 Å². The number of aromatic nitrogens is 1. The van der Waals surface area contributed by atoms with E-state index in [-0.39, 0.29) is 12.2 Å². The summed E-state index contributed by atoms with van der Waals surface area (Å²) >= 11 is 0. The number of ether oxygens (including phenoxy) is 1. The first-order valence-electron chi connectivity index (χ1n) is 5.99. The lowest BCUT2D eigenvalue weighted by molar-refractivity contribution is 0.0844. The third kappa shape index (κ3) is 2.12. The van der Waals surface area contributed by atoms with Gasteiger partial charge in [0.05, 0.1) is 17.7 Å². The SMILES string of the molecule is O=Cc1cccc(C2CC(=O)c3ccccc3O2)n1. The zero-order valence-corrected chi connectivity index (χ0v) is 10.1. The monoisotopic (exact) mass is 253 g/mol. The Morgan fingerprint density at radius 1 is 1.16 bits per heavy atom. The molecule has 0 saturated carbocycles. The van der Waals surface area contributed by atoms with Gasteiger partial charge in [-0.3, -0.25) is 9.59 Å².